The minimum Gasteiger partial charge on any atom is -0.476 e. The predicted octanol–water partition coefficient (Wildman–Crippen LogP) is 1.01. The highest BCUT2D eigenvalue weighted by atomic mass is 16.4. The Morgan fingerprint density at radius 1 is 1.33 bits per heavy atom. The van der Waals surface area contributed by atoms with Crippen molar-refractivity contribution in [2.24, 2.45) is 7.05 Å². The first-order chi connectivity index (χ1) is 13.0. The molecule has 0 saturated heterocycles. The number of nitrogens with zero attached hydrogens (tertiary/aromatic N) is 5. The van der Waals surface area contributed by atoms with Crippen LogP contribution in [-0.2, 0) is 31.2 Å². The Hall–Kier alpha value is -3.36. The van der Waals surface area contributed by atoms with E-state index < -0.39 is 12.0 Å². The fourth-order valence-corrected chi connectivity index (χ4v) is 3.64. The van der Waals surface area contributed by atoms with Gasteiger partial charge in [-0.3, -0.25) is 9.48 Å². The highest BCUT2D eigenvalue weighted by molar-refractivity contribution is 5.88. The van der Waals surface area contributed by atoms with Crippen molar-refractivity contribution in [2.45, 2.75) is 25.4 Å². The molecule has 0 aromatic carbocycles. The van der Waals surface area contributed by atoms with Gasteiger partial charge in [-0.25, -0.2) is 9.78 Å². The van der Waals surface area contributed by atoms with E-state index >= 15 is 0 Å². The van der Waals surface area contributed by atoms with E-state index in [0.29, 0.717) is 24.9 Å². The van der Waals surface area contributed by atoms with Crippen LogP contribution in [0.2, 0.25) is 0 Å². The molecule has 1 aliphatic rings. The third kappa shape index (κ3) is 3.12. The number of rotatable bonds is 5. The molecular formula is C18H20N6O3. The number of H-pyrrole nitrogens is 1. The summed E-state index contributed by atoms with van der Waals surface area (Å²) in [5.41, 5.74) is 2.39. The lowest BCUT2D eigenvalue weighted by Crippen LogP contribution is -2.41. The summed E-state index contributed by atoms with van der Waals surface area (Å²) in [5.74, 6) is -1.12. The Morgan fingerprint density at radius 2 is 2.11 bits per heavy atom. The molecule has 0 aliphatic carbocycles. The molecule has 9 heteroatoms. The molecule has 0 bridgehead atoms. The number of carbonyl (C=O) groups is 2. The molecule has 3 aromatic heterocycles. The van der Waals surface area contributed by atoms with E-state index in [1.54, 1.807) is 29.2 Å². The molecule has 140 valence electrons. The van der Waals surface area contributed by atoms with Crippen LogP contribution < -0.4 is 0 Å². The quantitative estimate of drug-likeness (QED) is 0.699. The number of hydrogen-bond donors (Lipinski definition) is 2. The number of hydrogen-bond acceptors (Lipinski definition) is 4. The molecule has 9 nitrogen and oxygen atoms in total. The number of aryl methyl sites for hydroxylation is 1. The number of aromatic carboxylic acids is 1. The molecule has 1 aliphatic heterocycles. The highest BCUT2D eigenvalue weighted by Crippen LogP contribution is 2.25. The van der Waals surface area contributed by atoms with Gasteiger partial charge < -0.3 is 19.6 Å². The highest BCUT2D eigenvalue weighted by Gasteiger charge is 2.32. The van der Waals surface area contributed by atoms with Crippen molar-refractivity contribution < 1.29 is 14.7 Å². The Balaban J connectivity index is 1.62. The van der Waals surface area contributed by atoms with Crippen molar-refractivity contribution in [3.8, 4) is 0 Å². The van der Waals surface area contributed by atoms with Crippen LogP contribution in [0.15, 0.2) is 37.1 Å². The number of carbonyl (C=O) groups excluding carboxylic acids is 1. The summed E-state index contributed by atoms with van der Waals surface area (Å²) in [6.45, 7) is 0.787. The molecule has 2 N–H and O–H groups in total. The molecule has 4 rings (SSSR count). The monoisotopic (exact) mass is 368 g/mol. The van der Waals surface area contributed by atoms with E-state index in [2.05, 4.69) is 15.1 Å². The number of aromatic amines is 1. The summed E-state index contributed by atoms with van der Waals surface area (Å²) in [5, 5.41) is 13.5. The minimum atomic E-state index is -1.07. The van der Waals surface area contributed by atoms with Crippen LogP contribution in [-0.4, -0.2) is 52.7 Å². The van der Waals surface area contributed by atoms with Gasteiger partial charge in [0.15, 0.2) is 5.69 Å². The fourth-order valence-electron chi connectivity index (χ4n) is 3.64. The maximum Gasteiger partial charge on any atom is 0.356 e. The lowest BCUT2D eigenvalue weighted by molar-refractivity contribution is -0.135. The first-order valence-corrected chi connectivity index (χ1v) is 8.71. The number of imidazole rings is 1. The number of aromatic nitrogens is 5. The first kappa shape index (κ1) is 17.1. The zero-order chi connectivity index (χ0) is 19.0. The van der Waals surface area contributed by atoms with Crippen LogP contribution in [0.25, 0.3) is 0 Å². The van der Waals surface area contributed by atoms with Gasteiger partial charge in [0.2, 0.25) is 5.91 Å². The summed E-state index contributed by atoms with van der Waals surface area (Å²) in [6.07, 6.45) is 8.09. The van der Waals surface area contributed by atoms with E-state index in [1.807, 2.05) is 29.1 Å². The second-order valence-corrected chi connectivity index (χ2v) is 6.64. The minimum absolute atomic E-state index is 0.0242. The van der Waals surface area contributed by atoms with E-state index in [9.17, 15) is 14.7 Å². The lowest BCUT2D eigenvalue weighted by atomic mass is 10.0. The van der Waals surface area contributed by atoms with E-state index in [0.717, 1.165) is 11.4 Å². The molecule has 0 saturated carbocycles. The summed E-state index contributed by atoms with van der Waals surface area (Å²) >= 11 is 0. The summed E-state index contributed by atoms with van der Waals surface area (Å²) < 4.78 is 3.48. The van der Waals surface area contributed by atoms with Crippen LogP contribution in [0.1, 0.15) is 33.5 Å². The van der Waals surface area contributed by atoms with E-state index in [-0.39, 0.29) is 18.1 Å². The Morgan fingerprint density at radius 3 is 2.78 bits per heavy atom. The number of nitrogens with one attached hydrogen (secondary N) is 1. The standard InChI is InChI=1S/C18H20N6O3/c1-22-14-4-7-24(10-13(14)16(21-22)18(26)27)17(25)15(23-5-2-3-6-23)8-12-9-19-11-20-12/h2-3,5-6,9,11,15H,4,7-8,10H2,1H3,(H,19,20)(H,26,27). The Labute approximate surface area is 155 Å². The number of carboxylic acid groups (broad SMARTS) is 1. The Bertz CT molecular complexity index is 958. The molecular weight excluding hydrogens is 348 g/mol. The molecule has 1 atom stereocenters. The fraction of sp³-hybridized carbons (Fsp3) is 0.333. The lowest BCUT2D eigenvalue weighted by Gasteiger charge is -2.31. The van der Waals surface area contributed by atoms with Gasteiger partial charge in [0.05, 0.1) is 6.33 Å². The van der Waals surface area contributed by atoms with Gasteiger partial charge in [-0.1, -0.05) is 0 Å². The number of carboxylic acids is 1. The SMILES string of the molecule is Cn1nc(C(=O)O)c2c1CCN(C(=O)C(Cc1cnc[nH]1)n1cccc1)C2. The van der Waals surface area contributed by atoms with Gasteiger partial charge in [0.1, 0.15) is 6.04 Å². The normalized spacial score (nSPS) is 14.8. The molecule has 4 heterocycles. The van der Waals surface area contributed by atoms with Crippen LogP contribution in [0, 0.1) is 0 Å². The summed E-state index contributed by atoms with van der Waals surface area (Å²) in [7, 11) is 1.74. The molecule has 27 heavy (non-hydrogen) atoms. The van der Waals surface area contributed by atoms with Crippen molar-refractivity contribution in [1.29, 1.82) is 0 Å². The molecule has 0 spiro atoms. The van der Waals surface area contributed by atoms with Crippen molar-refractivity contribution in [1.82, 2.24) is 29.2 Å². The summed E-state index contributed by atoms with van der Waals surface area (Å²) in [6, 6.07) is 3.34. The molecule has 0 fully saturated rings. The van der Waals surface area contributed by atoms with Gasteiger partial charge in [-0.2, -0.15) is 5.10 Å². The second-order valence-electron chi connectivity index (χ2n) is 6.64. The van der Waals surface area contributed by atoms with Crippen LogP contribution in [0.3, 0.4) is 0 Å². The molecule has 0 radical (unpaired) electrons. The zero-order valence-corrected chi connectivity index (χ0v) is 14.9. The number of amides is 1. The largest absolute Gasteiger partial charge is 0.476 e. The third-order valence-electron chi connectivity index (χ3n) is 5.00. The average molecular weight is 368 g/mol. The van der Waals surface area contributed by atoms with Crippen molar-refractivity contribution in [3.05, 3.63) is 59.7 Å². The smallest absolute Gasteiger partial charge is 0.356 e. The zero-order valence-electron chi connectivity index (χ0n) is 14.9. The van der Waals surface area contributed by atoms with Crippen LogP contribution in [0.4, 0.5) is 0 Å². The molecule has 3 aromatic rings. The van der Waals surface area contributed by atoms with Gasteiger partial charge >= 0.3 is 5.97 Å². The van der Waals surface area contributed by atoms with Gasteiger partial charge in [0, 0.05) is 68.5 Å². The van der Waals surface area contributed by atoms with E-state index in [4.69, 9.17) is 0 Å². The number of fused-ring (bicyclic) bond motifs is 1. The predicted molar refractivity (Wildman–Crippen MR) is 95.0 cm³/mol. The third-order valence-corrected chi connectivity index (χ3v) is 5.00. The maximum atomic E-state index is 13.3. The Kier molecular flexibility index (Phi) is 4.27. The van der Waals surface area contributed by atoms with E-state index in [1.165, 1.54) is 0 Å². The maximum absolute atomic E-state index is 13.3. The average Bonchev–Trinajstić information content (AvgIpc) is 3.40. The van der Waals surface area contributed by atoms with Gasteiger partial charge in [-0.15, -0.1) is 0 Å². The van der Waals surface area contributed by atoms with Gasteiger partial charge in [-0.05, 0) is 12.1 Å². The van der Waals surface area contributed by atoms with Crippen LogP contribution >= 0.6 is 0 Å². The van der Waals surface area contributed by atoms with Crippen molar-refractivity contribution in [2.75, 3.05) is 6.54 Å². The molecule has 1 amide bonds. The van der Waals surface area contributed by atoms with Crippen molar-refractivity contribution in [3.63, 3.8) is 0 Å². The molecule has 1 unspecified atom stereocenters. The van der Waals surface area contributed by atoms with Gasteiger partial charge in [0.25, 0.3) is 0 Å². The van der Waals surface area contributed by atoms with Crippen molar-refractivity contribution >= 4 is 11.9 Å². The first-order valence-electron chi connectivity index (χ1n) is 8.71. The second kappa shape index (κ2) is 6.75. The summed E-state index contributed by atoms with van der Waals surface area (Å²) in [4.78, 5) is 33.6. The van der Waals surface area contributed by atoms with Crippen LogP contribution in [0.5, 0.6) is 0 Å². The topological polar surface area (TPSA) is 109 Å².